The first-order chi connectivity index (χ1) is 7.34. The standard InChI is InChI=1S/C13H24N2/c1-10(11-4-5-11)9-14-12-6-8-15-7-2-3-13(12)15/h10-14H,2-9H2,1H3. The Kier molecular flexibility index (Phi) is 2.73. The number of fused-ring (bicyclic) bond motifs is 1. The Hall–Kier alpha value is -0.0800. The Bertz CT molecular complexity index is 225. The summed E-state index contributed by atoms with van der Waals surface area (Å²) in [5.41, 5.74) is 0. The molecule has 3 atom stereocenters. The van der Waals surface area contributed by atoms with Crippen LogP contribution in [0.3, 0.4) is 0 Å². The lowest BCUT2D eigenvalue weighted by Crippen LogP contribution is -2.41. The number of rotatable bonds is 4. The highest BCUT2D eigenvalue weighted by Crippen LogP contribution is 2.36. The molecule has 2 heterocycles. The number of hydrogen-bond acceptors (Lipinski definition) is 2. The average Bonchev–Trinajstić information content (AvgIpc) is 2.86. The van der Waals surface area contributed by atoms with Crippen LogP contribution in [0, 0.1) is 11.8 Å². The van der Waals surface area contributed by atoms with E-state index < -0.39 is 0 Å². The van der Waals surface area contributed by atoms with Gasteiger partial charge in [0.2, 0.25) is 0 Å². The lowest BCUT2D eigenvalue weighted by atomic mass is 10.0. The van der Waals surface area contributed by atoms with E-state index in [0.29, 0.717) is 0 Å². The van der Waals surface area contributed by atoms with Crippen LogP contribution in [0.25, 0.3) is 0 Å². The van der Waals surface area contributed by atoms with Gasteiger partial charge in [-0.25, -0.2) is 0 Å². The van der Waals surface area contributed by atoms with Gasteiger partial charge < -0.3 is 5.32 Å². The minimum absolute atomic E-state index is 0.814. The maximum Gasteiger partial charge on any atom is 0.0250 e. The summed E-state index contributed by atoms with van der Waals surface area (Å²) in [5, 5.41) is 3.83. The second kappa shape index (κ2) is 4.06. The Morgan fingerprint density at radius 3 is 2.87 bits per heavy atom. The van der Waals surface area contributed by atoms with Crippen LogP contribution in [0.5, 0.6) is 0 Å². The normalized spacial score (nSPS) is 38.2. The Balaban J connectivity index is 1.46. The first-order valence-electron chi connectivity index (χ1n) is 6.82. The smallest absolute Gasteiger partial charge is 0.0250 e. The van der Waals surface area contributed by atoms with E-state index >= 15 is 0 Å². The van der Waals surface area contributed by atoms with Crippen LogP contribution in [-0.2, 0) is 0 Å². The van der Waals surface area contributed by atoms with Crippen LogP contribution in [0.2, 0.25) is 0 Å². The summed E-state index contributed by atoms with van der Waals surface area (Å²) in [6.45, 7) is 6.40. The lowest BCUT2D eigenvalue weighted by molar-refractivity contribution is 0.292. The molecule has 1 saturated carbocycles. The molecule has 2 saturated heterocycles. The molecular weight excluding hydrogens is 184 g/mol. The van der Waals surface area contributed by atoms with Crippen LogP contribution in [0.15, 0.2) is 0 Å². The first-order valence-corrected chi connectivity index (χ1v) is 6.82. The summed E-state index contributed by atoms with van der Waals surface area (Å²) in [6.07, 6.45) is 7.24. The average molecular weight is 208 g/mol. The molecule has 3 rings (SSSR count). The predicted molar refractivity (Wildman–Crippen MR) is 62.9 cm³/mol. The fourth-order valence-corrected chi connectivity index (χ4v) is 3.49. The van der Waals surface area contributed by atoms with Crippen LogP contribution in [0.1, 0.15) is 39.0 Å². The number of hydrogen-bond donors (Lipinski definition) is 1. The molecule has 0 amide bonds. The molecule has 0 bridgehead atoms. The van der Waals surface area contributed by atoms with Gasteiger partial charge in [0.1, 0.15) is 0 Å². The van der Waals surface area contributed by atoms with Crippen LogP contribution in [-0.4, -0.2) is 36.6 Å². The zero-order valence-electron chi connectivity index (χ0n) is 9.91. The van der Waals surface area contributed by atoms with E-state index in [0.717, 1.165) is 23.9 Å². The fourth-order valence-electron chi connectivity index (χ4n) is 3.49. The predicted octanol–water partition coefficient (Wildman–Crippen LogP) is 1.86. The zero-order valence-corrected chi connectivity index (χ0v) is 9.91. The van der Waals surface area contributed by atoms with Gasteiger partial charge in [-0.3, -0.25) is 4.90 Å². The fraction of sp³-hybridized carbons (Fsp3) is 1.00. The third-order valence-electron chi connectivity index (χ3n) is 4.73. The molecule has 2 nitrogen and oxygen atoms in total. The molecule has 0 radical (unpaired) electrons. The third-order valence-corrected chi connectivity index (χ3v) is 4.73. The summed E-state index contributed by atoms with van der Waals surface area (Å²) in [6, 6.07) is 1.70. The van der Waals surface area contributed by atoms with Gasteiger partial charge >= 0.3 is 0 Å². The molecule has 3 fully saturated rings. The van der Waals surface area contributed by atoms with Gasteiger partial charge in [0.15, 0.2) is 0 Å². The summed E-state index contributed by atoms with van der Waals surface area (Å²) >= 11 is 0. The first kappa shape index (κ1) is 10.1. The van der Waals surface area contributed by atoms with E-state index in [2.05, 4.69) is 17.1 Å². The molecule has 3 aliphatic rings. The molecule has 0 aromatic rings. The molecule has 2 heteroatoms. The van der Waals surface area contributed by atoms with Gasteiger partial charge in [-0.2, -0.15) is 0 Å². The van der Waals surface area contributed by atoms with E-state index in [4.69, 9.17) is 0 Å². The van der Waals surface area contributed by atoms with E-state index in [1.54, 1.807) is 0 Å². The summed E-state index contributed by atoms with van der Waals surface area (Å²) in [5.74, 6) is 1.97. The van der Waals surface area contributed by atoms with Crippen LogP contribution >= 0.6 is 0 Å². The van der Waals surface area contributed by atoms with Crippen LogP contribution < -0.4 is 5.32 Å². The van der Waals surface area contributed by atoms with Crippen molar-refractivity contribution in [3.63, 3.8) is 0 Å². The van der Waals surface area contributed by atoms with Gasteiger partial charge in [0.25, 0.3) is 0 Å². The van der Waals surface area contributed by atoms with Crippen molar-refractivity contribution in [3.8, 4) is 0 Å². The molecule has 2 aliphatic heterocycles. The Morgan fingerprint density at radius 2 is 2.07 bits per heavy atom. The molecule has 0 spiro atoms. The van der Waals surface area contributed by atoms with E-state index in [-0.39, 0.29) is 0 Å². The van der Waals surface area contributed by atoms with Crippen molar-refractivity contribution in [1.29, 1.82) is 0 Å². The number of nitrogens with zero attached hydrogens (tertiary/aromatic N) is 1. The molecular formula is C13H24N2. The van der Waals surface area contributed by atoms with E-state index in [9.17, 15) is 0 Å². The molecule has 0 aromatic carbocycles. The topological polar surface area (TPSA) is 15.3 Å². The lowest BCUT2D eigenvalue weighted by Gasteiger charge is -2.23. The van der Waals surface area contributed by atoms with Crippen molar-refractivity contribution in [2.24, 2.45) is 11.8 Å². The monoisotopic (exact) mass is 208 g/mol. The van der Waals surface area contributed by atoms with Crippen molar-refractivity contribution in [2.75, 3.05) is 19.6 Å². The van der Waals surface area contributed by atoms with Crippen molar-refractivity contribution in [3.05, 3.63) is 0 Å². The van der Waals surface area contributed by atoms with Gasteiger partial charge in [0.05, 0.1) is 0 Å². The Morgan fingerprint density at radius 1 is 1.20 bits per heavy atom. The molecule has 1 N–H and O–H groups in total. The summed E-state index contributed by atoms with van der Waals surface area (Å²) in [7, 11) is 0. The summed E-state index contributed by atoms with van der Waals surface area (Å²) < 4.78 is 0. The second-order valence-electron chi connectivity index (χ2n) is 5.86. The van der Waals surface area contributed by atoms with Gasteiger partial charge in [0, 0.05) is 18.6 Å². The summed E-state index contributed by atoms with van der Waals surface area (Å²) in [4.78, 5) is 2.69. The molecule has 1 aliphatic carbocycles. The van der Waals surface area contributed by atoms with Crippen molar-refractivity contribution in [2.45, 2.75) is 51.1 Å². The number of nitrogens with one attached hydrogen (secondary N) is 1. The van der Waals surface area contributed by atoms with Crippen LogP contribution in [0.4, 0.5) is 0 Å². The maximum atomic E-state index is 3.83. The maximum absolute atomic E-state index is 3.83. The largest absolute Gasteiger partial charge is 0.312 e. The van der Waals surface area contributed by atoms with E-state index in [1.807, 2.05) is 0 Å². The third kappa shape index (κ3) is 2.07. The minimum atomic E-state index is 0.814. The van der Waals surface area contributed by atoms with Gasteiger partial charge in [-0.05, 0) is 57.0 Å². The molecule has 15 heavy (non-hydrogen) atoms. The highest BCUT2D eigenvalue weighted by atomic mass is 15.2. The highest BCUT2D eigenvalue weighted by molar-refractivity contribution is 4.96. The molecule has 86 valence electrons. The van der Waals surface area contributed by atoms with E-state index in [1.165, 1.54) is 51.7 Å². The van der Waals surface area contributed by atoms with Gasteiger partial charge in [-0.15, -0.1) is 0 Å². The van der Waals surface area contributed by atoms with Gasteiger partial charge in [-0.1, -0.05) is 6.92 Å². The highest BCUT2D eigenvalue weighted by Gasteiger charge is 2.37. The zero-order chi connectivity index (χ0) is 10.3. The van der Waals surface area contributed by atoms with Crippen molar-refractivity contribution >= 4 is 0 Å². The Labute approximate surface area is 93.4 Å². The second-order valence-corrected chi connectivity index (χ2v) is 5.86. The minimum Gasteiger partial charge on any atom is -0.312 e. The van der Waals surface area contributed by atoms with Crippen molar-refractivity contribution < 1.29 is 0 Å². The quantitative estimate of drug-likeness (QED) is 0.758. The SMILES string of the molecule is CC(CNC1CCN2CCCC12)C1CC1. The molecule has 3 unspecified atom stereocenters. The van der Waals surface area contributed by atoms with Crippen molar-refractivity contribution in [1.82, 2.24) is 10.2 Å². The molecule has 0 aromatic heterocycles.